The Balaban J connectivity index is 2.69. The largest absolute Gasteiger partial charge is 0.396 e. The SMILES string of the molecule is Cc1ccc(CCCO)cc1Cl. The highest BCUT2D eigenvalue weighted by Crippen LogP contribution is 2.17. The van der Waals surface area contributed by atoms with Gasteiger partial charge in [-0.2, -0.15) is 0 Å². The molecule has 0 radical (unpaired) electrons. The molecule has 0 amide bonds. The molecule has 1 rings (SSSR count). The number of aryl methyl sites for hydroxylation is 2. The van der Waals surface area contributed by atoms with Crippen molar-refractivity contribution in [3.05, 3.63) is 34.3 Å². The highest BCUT2D eigenvalue weighted by atomic mass is 35.5. The lowest BCUT2D eigenvalue weighted by Gasteiger charge is -2.02. The Morgan fingerprint density at radius 3 is 2.75 bits per heavy atom. The summed E-state index contributed by atoms with van der Waals surface area (Å²) in [6.45, 7) is 2.23. The van der Waals surface area contributed by atoms with Gasteiger partial charge in [0, 0.05) is 11.6 Å². The molecule has 0 unspecified atom stereocenters. The summed E-state index contributed by atoms with van der Waals surface area (Å²) in [7, 11) is 0. The molecule has 0 aliphatic heterocycles. The fraction of sp³-hybridized carbons (Fsp3) is 0.400. The number of halogens is 1. The summed E-state index contributed by atoms with van der Waals surface area (Å²) in [4.78, 5) is 0. The molecule has 66 valence electrons. The van der Waals surface area contributed by atoms with Gasteiger partial charge < -0.3 is 5.11 Å². The lowest BCUT2D eigenvalue weighted by Crippen LogP contribution is -1.89. The number of aliphatic hydroxyl groups excluding tert-OH is 1. The Hall–Kier alpha value is -0.530. The molecule has 0 aliphatic carbocycles. The molecule has 0 fully saturated rings. The molecule has 0 bridgehead atoms. The second-order valence-electron chi connectivity index (χ2n) is 2.91. The lowest BCUT2D eigenvalue weighted by molar-refractivity contribution is 0.288. The number of hydrogen-bond donors (Lipinski definition) is 1. The summed E-state index contributed by atoms with van der Waals surface area (Å²) in [6, 6.07) is 6.03. The molecule has 1 N–H and O–H groups in total. The monoisotopic (exact) mass is 184 g/mol. The van der Waals surface area contributed by atoms with E-state index in [1.165, 1.54) is 5.56 Å². The Labute approximate surface area is 78.0 Å². The topological polar surface area (TPSA) is 20.2 Å². The molecule has 0 saturated carbocycles. The maximum atomic E-state index is 8.62. The Bertz CT molecular complexity index is 258. The Morgan fingerprint density at radius 1 is 1.42 bits per heavy atom. The zero-order valence-corrected chi connectivity index (χ0v) is 7.93. The van der Waals surface area contributed by atoms with Crippen molar-refractivity contribution in [3.8, 4) is 0 Å². The van der Waals surface area contributed by atoms with Crippen molar-refractivity contribution in [2.75, 3.05) is 6.61 Å². The molecule has 12 heavy (non-hydrogen) atoms. The fourth-order valence-corrected chi connectivity index (χ4v) is 1.28. The predicted octanol–water partition coefficient (Wildman–Crippen LogP) is 2.57. The summed E-state index contributed by atoms with van der Waals surface area (Å²) in [5, 5.41) is 9.43. The van der Waals surface area contributed by atoms with Gasteiger partial charge in [-0.05, 0) is 37.0 Å². The van der Waals surface area contributed by atoms with Crippen molar-refractivity contribution in [3.63, 3.8) is 0 Å². The molecule has 0 aliphatic rings. The van der Waals surface area contributed by atoms with Gasteiger partial charge in [-0.25, -0.2) is 0 Å². The molecule has 0 spiro atoms. The maximum Gasteiger partial charge on any atom is 0.0437 e. The summed E-state index contributed by atoms with van der Waals surface area (Å²) in [6.07, 6.45) is 1.70. The van der Waals surface area contributed by atoms with E-state index in [0.29, 0.717) is 0 Å². The smallest absolute Gasteiger partial charge is 0.0437 e. The molecule has 0 aromatic heterocycles. The molecule has 0 atom stereocenters. The third-order valence-electron chi connectivity index (χ3n) is 1.86. The van der Waals surface area contributed by atoms with Crippen LogP contribution in [0.3, 0.4) is 0 Å². The van der Waals surface area contributed by atoms with Gasteiger partial charge in [-0.1, -0.05) is 23.7 Å². The normalized spacial score (nSPS) is 10.2. The summed E-state index contributed by atoms with van der Waals surface area (Å²) >= 11 is 5.93. The van der Waals surface area contributed by atoms with Gasteiger partial charge in [-0.15, -0.1) is 0 Å². The van der Waals surface area contributed by atoms with Crippen molar-refractivity contribution >= 4 is 11.6 Å². The minimum Gasteiger partial charge on any atom is -0.396 e. The first-order chi connectivity index (χ1) is 5.74. The van der Waals surface area contributed by atoms with E-state index in [2.05, 4.69) is 6.07 Å². The van der Waals surface area contributed by atoms with Crippen LogP contribution in [0.25, 0.3) is 0 Å². The van der Waals surface area contributed by atoms with E-state index < -0.39 is 0 Å². The van der Waals surface area contributed by atoms with E-state index in [-0.39, 0.29) is 6.61 Å². The van der Waals surface area contributed by atoms with Gasteiger partial charge in [-0.3, -0.25) is 0 Å². The minimum atomic E-state index is 0.242. The first kappa shape index (κ1) is 9.56. The van der Waals surface area contributed by atoms with E-state index in [1.807, 2.05) is 19.1 Å². The van der Waals surface area contributed by atoms with Crippen LogP contribution in [0.4, 0.5) is 0 Å². The van der Waals surface area contributed by atoms with Crippen LogP contribution in [-0.4, -0.2) is 11.7 Å². The van der Waals surface area contributed by atoms with E-state index >= 15 is 0 Å². The number of hydrogen-bond acceptors (Lipinski definition) is 1. The Morgan fingerprint density at radius 2 is 2.17 bits per heavy atom. The van der Waals surface area contributed by atoms with Crippen LogP contribution >= 0.6 is 11.6 Å². The third-order valence-corrected chi connectivity index (χ3v) is 2.27. The maximum absolute atomic E-state index is 8.62. The molecular weight excluding hydrogens is 172 g/mol. The average Bonchev–Trinajstić information content (AvgIpc) is 2.07. The molecule has 0 saturated heterocycles. The highest BCUT2D eigenvalue weighted by Gasteiger charge is 1.96. The van der Waals surface area contributed by atoms with Gasteiger partial charge in [0.2, 0.25) is 0 Å². The molecular formula is C10H13ClO. The average molecular weight is 185 g/mol. The van der Waals surface area contributed by atoms with E-state index in [9.17, 15) is 0 Å². The molecule has 1 aromatic carbocycles. The van der Waals surface area contributed by atoms with Crippen LogP contribution in [0.15, 0.2) is 18.2 Å². The van der Waals surface area contributed by atoms with Crippen LogP contribution in [0.2, 0.25) is 5.02 Å². The fourth-order valence-electron chi connectivity index (χ4n) is 1.08. The van der Waals surface area contributed by atoms with Crippen LogP contribution in [0, 0.1) is 6.92 Å². The Kier molecular flexibility index (Phi) is 3.57. The van der Waals surface area contributed by atoms with Crippen LogP contribution in [-0.2, 0) is 6.42 Å². The summed E-state index contributed by atoms with van der Waals surface area (Å²) in [5.74, 6) is 0. The van der Waals surface area contributed by atoms with E-state index in [1.54, 1.807) is 0 Å². The summed E-state index contributed by atoms with van der Waals surface area (Å²) < 4.78 is 0. The van der Waals surface area contributed by atoms with Gasteiger partial charge >= 0.3 is 0 Å². The van der Waals surface area contributed by atoms with Gasteiger partial charge in [0.1, 0.15) is 0 Å². The van der Waals surface area contributed by atoms with Crippen molar-refractivity contribution in [1.29, 1.82) is 0 Å². The number of benzene rings is 1. The first-order valence-corrected chi connectivity index (χ1v) is 4.47. The van der Waals surface area contributed by atoms with Gasteiger partial charge in [0.05, 0.1) is 0 Å². The van der Waals surface area contributed by atoms with Crippen molar-refractivity contribution in [2.24, 2.45) is 0 Å². The van der Waals surface area contributed by atoms with Crippen molar-refractivity contribution in [2.45, 2.75) is 19.8 Å². The highest BCUT2D eigenvalue weighted by molar-refractivity contribution is 6.31. The lowest BCUT2D eigenvalue weighted by atomic mass is 10.1. The van der Waals surface area contributed by atoms with Gasteiger partial charge in [0.25, 0.3) is 0 Å². The third kappa shape index (κ3) is 2.50. The molecule has 0 heterocycles. The zero-order chi connectivity index (χ0) is 8.97. The second kappa shape index (κ2) is 4.48. The van der Waals surface area contributed by atoms with Gasteiger partial charge in [0.15, 0.2) is 0 Å². The number of aliphatic hydroxyl groups is 1. The standard InChI is InChI=1S/C10H13ClO/c1-8-4-5-9(3-2-6-12)7-10(8)11/h4-5,7,12H,2-3,6H2,1H3. The number of rotatable bonds is 3. The predicted molar refractivity (Wildman–Crippen MR) is 51.6 cm³/mol. The van der Waals surface area contributed by atoms with Crippen molar-refractivity contribution < 1.29 is 5.11 Å². The first-order valence-electron chi connectivity index (χ1n) is 4.10. The van der Waals surface area contributed by atoms with Crippen LogP contribution in [0.5, 0.6) is 0 Å². The molecule has 1 aromatic rings. The van der Waals surface area contributed by atoms with E-state index in [0.717, 1.165) is 23.4 Å². The molecule has 2 heteroatoms. The zero-order valence-electron chi connectivity index (χ0n) is 7.18. The van der Waals surface area contributed by atoms with Crippen LogP contribution < -0.4 is 0 Å². The van der Waals surface area contributed by atoms with Crippen molar-refractivity contribution in [1.82, 2.24) is 0 Å². The second-order valence-corrected chi connectivity index (χ2v) is 3.32. The minimum absolute atomic E-state index is 0.242. The summed E-state index contributed by atoms with van der Waals surface area (Å²) in [5.41, 5.74) is 2.30. The van der Waals surface area contributed by atoms with Crippen LogP contribution in [0.1, 0.15) is 17.5 Å². The molecule has 1 nitrogen and oxygen atoms in total. The van der Waals surface area contributed by atoms with E-state index in [4.69, 9.17) is 16.7 Å². The quantitative estimate of drug-likeness (QED) is 0.766.